The van der Waals surface area contributed by atoms with Gasteiger partial charge in [0.25, 0.3) is 0 Å². The number of rotatable bonds is 3. The Morgan fingerprint density at radius 1 is 1.50 bits per heavy atom. The van der Waals surface area contributed by atoms with Gasteiger partial charge in [0.05, 0.1) is 12.7 Å². The molecule has 0 aliphatic carbocycles. The van der Waals surface area contributed by atoms with E-state index in [1.165, 1.54) is 0 Å². The molecule has 1 aliphatic rings. The lowest BCUT2D eigenvalue weighted by molar-refractivity contribution is 0.184. The summed E-state index contributed by atoms with van der Waals surface area (Å²) in [6.45, 7) is 6.02. The molecular formula is C15H18ClN3O. The van der Waals surface area contributed by atoms with E-state index in [2.05, 4.69) is 22.1 Å². The van der Waals surface area contributed by atoms with Crippen LogP contribution >= 0.6 is 11.6 Å². The third-order valence-corrected chi connectivity index (χ3v) is 3.71. The number of hydrogen-bond acceptors (Lipinski definition) is 4. The van der Waals surface area contributed by atoms with E-state index in [4.69, 9.17) is 16.0 Å². The molecule has 1 saturated heterocycles. The van der Waals surface area contributed by atoms with Crippen molar-refractivity contribution in [1.29, 1.82) is 0 Å². The number of benzene rings is 1. The Balaban J connectivity index is 1.70. The van der Waals surface area contributed by atoms with Crippen LogP contribution in [0.5, 0.6) is 0 Å². The first-order valence-electron chi connectivity index (χ1n) is 6.87. The van der Waals surface area contributed by atoms with Gasteiger partial charge in [0.1, 0.15) is 0 Å². The first-order valence-corrected chi connectivity index (χ1v) is 7.25. The van der Waals surface area contributed by atoms with Gasteiger partial charge >= 0.3 is 0 Å². The summed E-state index contributed by atoms with van der Waals surface area (Å²) in [6.07, 6.45) is 1.77. The molecule has 1 unspecified atom stereocenters. The highest BCUT2D eigenvalue weighted by atomic mass is 35.5. The zero-order valence-corrected chi connectivity index (χ0v) is 12.2. The fraction of sp³-hybridized carbons (Fsp3) is 0.400. The average molecular weight is 292 g/mol. The van der Waals surface area contributed by atoms with Crippen molar-refractivity contribution in [3.05, 3.63) is 41.4 Å². The third-order valence-electron chi connectivity index (χ3n) is 3.47. The minimum Gasteiger partial charge on any atom is -0.439 e. The number of oxazole rings is 1. The van der Waals surface area contributed by atoms with Crippen molar-refractivity contribution in [3.63, 3.8) is 0 Å². The van der Waals surface area contributed by atoms with Crippen LogP contribution in [0.3, 0.4) is 0 Å². The molecule has 5 heteroatoms. The summed E-state index contributed by atoms with van der Waals surface area (Å²) in [6, 6.07) is 8.15. The molecular weight excluding hydrogens is 274 g/mol. The number of hydrogen-bond donors (Lipinski definition) is 1. The standard InChI is InChI=1S/C15H18ClN3O/c1-11-9-19(6-5-17-11)10-15-18-8-14(20-15)12-3-2-4-13(16)7-12/h2-4,7-8,11,17H,5-6,9-10H2,1H3. The number of piperazine rings is 1. The summed E-state index contributed by atoms with van der Waals surface area (Å²) in [7, 11) is 0. The van der Waals surface area contributed by atoms with E-state index < -0.39 is 0 Å². The average Bonchev–Trinajstić information content (AvgIpc) is 2.87. The van der Waals surface area contributed by atoms with Crippen molar-refractivity contribution in [1.82, 2.24) is 15.2 Å². The van der Waals surface area contributed by atoms with Gasteiger partial charge in [-0.3, -0.25) is 4.90 Å². The third kappa shape index (κ3) is 3.20. The summed E-state index contributed by atoms with van der Waals surface area (Å²) in [5.74, 6) is 1.53. The lowest BCUT2D eigenvalue weighted by Crippen LogP contribution is -2.48. The molecule has 1 fully saturated rings. The van der Waals surface area contributed by atoms with Crippen LogP contribution in [0.25, 0.3) is 11.3 Å². The van der Waals surface area contributed by atoms with Crippen LogP contribution in [0.15, 0.2) is 34.9 Å². The molecule has 0 amide bonds. The Kier molecular flexibility index (Phi) is 4.05. The number of nitrogens with one attached hydrogen (secondary N) is 1. The normalized spacial score (nSPS) is 20.2. The second-order valence-corrected chi connectivity index (χ2v) is 5.66. The molecule has 1 aromatic heterocycles. The van der Waals surface area contributed by atoms with Crippen molar-refractivity contribution in [3.8, 4) is 11.3 Å². The maximum atomic E-state index is 6.00. The van der Waals surface area contributed by atoms with Crippen molar-refractivity contribution in [2.75, 3.05) is 19.6 Å². The topological polar surface area (TPSA) is 41.3 Å². The van der Waals surface area contributed by atoms with Crippen molar-refractivity contribution in [2.45, 2.75) is 19.5 Å². The Hall–Kier alpha value is -1.36. The second kappa shape index (κ2) is 5.95. The summed E-state index contributed by atoms with van der Waals surface area (Å²) in [5, 5.41) is 4.13. The fourth-order valence-corrected chi connectivity index (χ4v) is 2.70. The minimum atomic E-state index is 0.520. The highest BCUT2D eigenvalue weighted by Crippen LogP contribution is 2.23. The highest BCUT2D eigenvalue weighted by Gasteiger charge is 2.17. The molecule has 1 N–H and O–H groups in total. The maximum absolute atomic E-state index is 6.00. The first-order chi connectivity index (χ1) is 9.70. The largest absolute Gasteiger partial charge is 0.439 e. The number of halogens is 1. The highest BCUT2D eigenvalue weighted by molar-refractivity contribution is 6.30. The molecule has 3 rings (SSSR count). The van der Waals surface area contributed by atoms with Gasteiger partial charge in [0, 0.05) is 36.3 Å². The lowest BCUT2D eigenvalue weighted by Gasteiger charge is -2.30. The predicted molar refractivity (Wildman–Crippen MR) is 79.7 cm³/mol. The first kappa shape index (κ1) is 13.6. The van der Waals surface area contributed by atoms with Crippen molar-refractivity contribution >= 4 is 11.6 Å². The SMILES string of the molecule is CC1CN(Cc2ncc(-c3cccc(Cl)c3)o2)CCN1. The molecule has 0 bridgehead atoms. The minimum absolute atomic E-state index is 0.520. The Morgan fingerprint density at radius 3 is 3.20 bits per heavy atom. The van der Waals surface area contributed by atoms with Crippen LogP contribution in [0.4, 0.5) is 0 Å². The molecule has 0 radical (unpaired) electrons. The number of aromatic nitrogens is 1. The van der Waals surface area contributed by atoms with Gasteiger partial charge < -0.3 is 9.73 Å². The molecule has 1 aromatic carbocycles. The zero-order valence-electron chi connectivity index (χ0n) is 11.5. The van der Waals surface area contributed by atoms with Crippen LogP contribution in [0.1, 0.15) is 12.8 Å². The molecule has 2 aromatic rings. The van der Waals surface area contributed by atoms with E-state index in [0.717, 1.165) is 43.4 Å². The molecule has 20 heavy (non-hydrogen) atoms. The molecule has 2 heterocycles. The molecule has 0 saturated carbocycles. The summed E-state index contributed by atoms with van der Waals surface area (Å²) < 4.78 is 5.83. The van der Waals surface area contributed by atoms with Crippen LogP contribution < -0.4 is 5.32 Å². The Morgan fingerprint density at radius 2 is 2.40 bits per heavy atom. The molecule has 1 aliphatic heterocycles. The zero-order chi connectivity index (χ0) is 13.9. The van der Waals surface area contributed by atoms with Gasteiger partial charge in [0.15, 0.2) is 5.76 Å². The van der Waals surface area contributed by atoms with Crippen LogP contribution in [0, 0.1) is 0 Å². The van der Waals surface area contributed by atoms with E-state index in [1.54, 1.807) is 6.20 Å². The molecule has 0 spiro atoms. The Bertz CT molecular complexity index is 584. The molecule has 4 nitrogen and oxygen atoms in total. The molecule has 106 valence electrons. The van der Waals surface area contributed by atoms with Crippen LogP contribution in [0.2, 0.25) is 5.02 Å². The smallest absolute Gasteiger partial charge is 0.209 e. The second-order valence-electron chi connectivity index (χ2n) is 5.22. The van der Waals surface area contributed by atoms with Crippen LogP contribution in [-0.4, -0.2) is 35.6 Å². The van der Waals surface area contributed by atoms with Crippen molar-refractivity contribution < 1.29 is 4.42 Å². The Labute approximate surface area is 123 Å². The summed E-state index contributed by atoms with van der Waals surface area (Å²) >= 11 is 6.00. The summed E-state index contributed by atoms with van der Waals surface area (Å²) in [4.78, 5) is 6.73. The fourth-order valence-electron chi connectivity index (χ4n) is 2.51. The molecule has 1 atom stereocenters. The quantitative estimate of drug-likeness (QED) is 0.944. The van der Waals surface area contributed by atoms with Crippen LogP contribution in [-0.2, 0) is 6.54 Å². The summed E-state index contributed by atoms with van der Waals surface area (Å²) in [5.41, 5.74) is 0.963. The van der Waals surface area contributed by atoms with E-state index in [1.807, 2.05) is 24.3 Å². The monoisotopic (exact) mass is 291 g/mol. The van der Waals surface area contributed by atoms with Gasteiger partial charge in [-0.25, -0.2) is 4.98 Å². The van der Waals surface area contributed by atoms with Gasteiger partial charge in [-0.1, -0.05) is 23.7 Å². The predicted octanol–water partition coefficient (Wildman–Crippen LogP) is 2.79. The van der Waals surface area contributed by atoms with E-state index in [9.17, 15) is 0 Å². The van der Waals surface area contributed by atoms with Gasteiger partial charge in [-0.05, 0) is 19.1 Å². The van der Waals surface area contributed by atoms with Gasteiger partial charge in [-0.2, -0.15) is 0 Å². The van der Waals surface area contributed by atoms with Gasteiger partial charge in [-0.15, -0.1) is 0 Å². The van der Waals surface area contributed by atoms with E-state index in [0.29, 0.717) is 11.1 Å². The number of nitrogens with zero attached hydrogens (tertiary/aromatic N) is 2. The van der Waals surface area contributed by atoms with Crippen molar-refractivity contribution in [2.24, 2.45) is 0 Å². The van der Waals surface area contributed by atoms with Gasteiger partial charge in [0.2, 0.25) is 5.89 Å². The maximum Gasteiger partial charge on any atom is 0.209 e. The van der Waals surface area contributed by atoms with E-state index >= 15 is 0 Å². The lowest BCUT2D eigenvalue weighted by atomic mass is 10.2. The van der Waals surface area contributed by atoms with E-state index in [-0.39, 0.29) is 0 Å².